The summed E-state index contributed by atoms with van der Waals surface area (Å²) in [5.41, 5.74) is 2.87. The number of carboxylic acid groups (broad SMARTS) is 1. The number of benzene rings is 2. The van der Waals surface area contributed by atoms with Crippen LogP contribution in [0.2, 0.25) is 0 Å². The summed E-state index contributed by atoms with van der Waals surface area (Å²) in [4.78, 5) is 19.7. The molecule has 0 fully saturated rings. The van der Waals surface area contributed by atoms with Crippen molar-refractivity contribution >= 4 is 23.1 Å². The van der Waals surface area contributed by atoms with Gasteiger partial charge in [-0.2, -0.15) is 0 Å². The van der Waals surface area contributed by atoms with Gasteiger partial charge in [0, 0.05) is 11.8 Å². The van der Waals surface area contributed by atoms with Gasteiger partial charge in [0.15, 0.2) is 6.21 Å². The number of carboxylic acids is 1. The number of carbonyl (C=O) groups is 1. The number of para-hydroxylation sites is 1. The lowest BCUT2D eigenvalue weighted by Gasteiger charge is -2.08. The Morgan fingerprint density at radius 2 is 1.88 bits per heavy atom. The van der Waals surface area contributed by atoms with Gasteiger partial charge >= 0.3 is 5.97 Å². The Balaban J connectivity index is 1.49. The van der Waals surface area contributed by atoms with E-state index in [0.717, 1.165) is 34.1 Å². The van der Waals surface area contributed by atoms with E-state index in [2.05, 4.69) is 10.1 Å². The molecular weight excluding hydrogens is 332 g/mol. The third-order valence-electron chi connectivity index (χ3n) is 3.69. The molecule has 0 aliphatic heterocycles. The largest absolute Gasteiger partial charge is 0.487 e. The van der Waals surface area contributed by atoms with Gasteiger partial charge in [-0.15, -0.1) is 0 Å². The maximum atomic E-state index is 10.3. The van der Waals surface area contributed by atoms with Crippen LogP contribution in [-0.4, -0.2) is 28.9 Å². The lowest BCUT2D eigenvalue weighted by atomic mass is 10.1. The summed E-state index contributed by atoms with van der Waals surface area (Å²) in [6.07, 6.45) is 1.35. The number of hydrogen-bond acceptors (Lipinski definition) is 5. The van der Waals surface area contributed by atoms with Gasteiger partial charge in [0.05, 0.1) is 11.2 Å². The minimum atomic E-state index is -1.13. The number of aliphatic carboxylic acids is 1. The van der Waals surface area contributed by atoms with E-state index >= 15 is 0 Å². The fourth-order valence-corrected chi connectivity index (χ4v) is 2.40. The Morgan fingerprint density at radius 3 is 2.69 bits per heavy atom. The summed E-state index contributed by atoms with van der Waals surface area (Å²) < 4.78 is 5.78. The smallest absolute Gasteiger partial charge is 0.350 e. The molecule has 0 saturated heterocycles. The zero-order chi connectivity index (χ0) is 18.2. The molecule has 0 amide bonds. The highest BCUT2D eigenvalue weighted by Gasteiger charge is 2.01. The maximum absolute atomic E-state index is 10.3. The predicted octanol–water partition coefficient (Wildman–Crippen LogP) is 3.44. The SMILES string of the molecule is O=C(O)C=NOCCc1ccc(OCc2ccc3ccccc3n2)cc1. The second kappa shape index (κ2) is 8.62. The van der Waals surface area contributed by atoms with Crippen LogP contribution in [0.25, 0.3) is 10.9 Å². The quantitative estimate of drug-likeness (QED) is 0.382. The summed E-state index contributed by atoms with van der Waals surface area (Å²) in [7, 11) is 0. The van der Waals surface area contributed by atoms with Gasteiger partial charge in [-0.05, 0) is 29.8 Å². The highest BCUT2D eigenvalue weighted by atomic mass is 16.6. The van der Waals surface area contributed by atoms with Crippen molar-refractivity contribution in [3.05, 3.63) is 71.9 Å². The van der Waals surface area contributed by atoms with Crippen molar-refractivity contribution in [3.8, 4) is 5.75 Å². The van der Waals surface area contributed by atoms with E-state index in [1.807, 2.05) is 60.7 Å². The minimum Gasteiger partial charge on any atom is -0.487 e. The topological polar surface area (TPSA) is 81.0 Å². The number of fused-ring (bicyclic) bond motifs is 1. The fourth-order valence-electron chi connectivity index (χ4n) is 2.40. The monoisotopic (exact) mass is 350 g/mol. The number of rotatable bonds is 8. The Morgan fingerprint density at radius 1 is 1.08 bits per heavy atom. The molecule has 0 bridgehead atoms. The molecule has 1 N–H and O–H groups in total. The van der Waals surface area contributed by atoms with Crippen molar-refractivity contribution < 1.29 is 19.5 Å². The molecule has 0 atom stereocenters. The molecule has 0 radical (unpaired) electrons. The molecule has 1 heterocycles. The molecule has 0 saturated carbocycles. The van der Waals surface area contributed by atoms with E-state index in [1.54, 1.807) is 0 Å². The molecule has 0 spiro atoms. The van der Waals surface area contributed by atoms with Gasteiger partial charge in [-0.25, -0.2) is 9.78 Å². The average Bonchev–Trinajstić information content (AvgIpc) is 2.66. The molecule has 3 rings (SSSR count). The number of hydrogen-bond donors (Lipinski definition) is 1. The third-order valence-corrected chi connectivity index (χ3v) is 3.69. The Hall–Kier alpha value is -3.41. The molecule has 6 heteroatoms. The predicted molar refractivity (Wildman–Crippen MR) is 98.3 cm³/mol. The van der Waals surface area contributed by atoms with E-state index in [4.69, 9.17) is 14.7 Å². The minimum absolute atomic E-state index is 0.311. The Kier molecular flexibility index (Phi) is 5.77. The van der Waals surface area contributed by atoms with Crippen molar-refractivity contribution in [1.29, 1.82) is 0 Å². The van der Waals surface area contributed by atoms with Gasteiger partial charge in [0.2, 0.25) is 0 Å². The van der Waals surface area contributed by atoms with E-state index in [-0.39, 0.29) is 0 Å². The maximum Gasteiger partial charge on any atom is 0.350 e. The molecule has 1 aromatic heterocycles. The number of pyridine rings is 1. The van der Waals surface area contributed by atoms with Crippen molar-refractivity contribution in [3.63, 3.8) is 0 Å². The second-order valence-electron chi connectivity index (χ2n) is 5.58. The first-order valence-electron chi connectivity index (χ1n) is 8.15. The van der Waals surface area contributed by atoms with Crippen molar-refractivity contribution in [2.45, 2.75) is 13.0 Å². The molecule has 0 aliphatic carbocycles. The number of ether oxygens (including phenoxy) is 1. The van der Waals surface area contributed by atoms with Gasteiger partial charge in [-0.1, -0.05) is 41.6 Å². The zero-order valence-electron chi connectivity index (χ0n) is 14.0. The molecule has 6 nitrogen and oxygen atoms in total. The molecule has 132 valence electrons. The van der Waals surface area contributed by atoms with E-state index in [0.29, 0.717) is 19.6 Å². The van der Waals surface area contributed by atoms with Gasteiger partial charge in [0.1, 0.15) is 19.0 Å². The fraction of sp³-hybridized carbons (Fsp3) is 0.150. The van der Waals surface area contributed by atoms with Gasteiger partial charge in [-0.3, -0.25) is 0 Å². The highest BCUT2D eigenvalue weighted by molar-refractivity contribution is 6.21. The van der Waals surface area contributed by atoms with Crippen LogP contribution < -0.4 is 4.74 Å². The zero-order valence-corrected chi connectivity index (χ0v) is 14.0. The summed E-state index contributed by atoms with van der Waals surface area (Å²) >= 11 is 0. The normalized spacial score (nSPS) is 10.9. The van der Waals surface area contributed by atoms with Crippen LogP contribution in [0, 0.1) is 0 Å². The molecule has 0 aliphatic rings. The van der Waals surface area contributed by atoms with E-state index in [9.17, 15) is 4.79 Å². The first-order chi connectivity index (χ1) is 12.7. The van der Waals surface area contributed by atoms with E-state index < -0.39 is 5.97 Å². The van der Waals surface area contributed by atoms with Crippen LogP contribution in [0.15, 0.2) is 65.8 Å². The van der Waals surface area contributed by atoms with Crippen LogP contribution in [0.3, 0.4) is 0 Å². The lowest BCUT2D eigenvalue weighted by Crippen LogP contribution is -2.00. The second-order valence-corrected chi connectivity index (χ2v) is 5.58. The summed E-state index contributed by atoms with van der Waals surface area (Å²) in [5, 5.41) is 12.8. The van der Waals surface area contributed by atoms with Crippen molar-refractivity contribution in [1.82, 2.24) is 4.98 Å². The standard InChI is InChI=1S/C20H18N2O4/c23-20(24)13-21-26-12-11-15-5-9-18(10-6-15)25-14-17-8-7-16-3-1-2-4-19(16)22-17/h1-10,13H,11-12,14H2,(H,23,24). The average molecular weight is 350 g/mol. The number of aromatic nitrogens is 1. The first-order valence-corrected chi connectivity index (χ1v) is 8.15. The highest BCUT2D eigenvalue weighted by Crippen LogP contribution is 2.16. The third kappa shape index (κ3) is 5.04. The van der Waals surface area contributed by atoms with Crippen LogP contribution in [0.1, 0.15) is 11.3 Å². The van der Waals surface area contributed by atoms with Crippen LogP contribution >= 0.6 is 0 Å². The molecule has 26 heavy (non-hydrogen) atoms. The Bertz CT molecular complexity index is 907. The molecular formula is C20H18N2O4. The molecule has 3 aromatic rings. The van der Waals surface area contributed by atoms with E-state index in [1.165, 1.54) is 0 Å². The summed E-state index contributed by atoms with van der Waals surface area (Å²) in [6.45, 7) is 0.711. The molecule has 0 unspecified atom stereocenters. The van der Waals surface area contributed by atoms with Gasteiger partial charge in [0.25, 0.3) is 0 Å². The van der Waals surface area contributed by atoms with Gasteiger partial charge < -0.3 is 14.7 Å². The first kappa shape index (κ1) is 17.4. The summed E-state index contributed by atoms with van der Waals surface area (Å²) in [6, 6.07) is 19.6. The Labute approximate surface area is 150 Å². The summed E-state index contributed by atoms with van der Waals surface area (Å²) in [5.74, 6) is -0.374. The van der Waals surface area contributed by atoms with Crippen LogP contribution in [0.5, 0.6) is 5.75 Å². The van der Waals surface area contributed by atoms with Crippen LogP contribution in [0.4, 0.5) is 0 Å². The van der Waals surface area contributed by atoms with Crippen LogP contribution in [-0.2, 0) is 22.7 Å². The van der Waals surface area contributed by atoms with Crippen molar-refractivity contribution in [2.75, 3.05) is 6.61 Å². The lowest BCUT2D eigenvalue weighted by molar-refractivity contribution is -0.129. The van der Waals surface area contributed by atoms with Crippen molar-refractivity contribution in [2.24, 2.45) is 5.16 Å². The molecule has 2 aromatic carbocycles. The number of nitrogens with zero attached hydrogens (tertiary/aromatic N) is 2. The number of oxime groups is 1.